The van der Waals surface area contributed by atoms with Crippen molar-refractivity contribution in [1.82, 2.24) is 0 Å². The highest BCUT2D eigenvalue weighted by Gasteiger charge is 2.26. The van der Waals surface area contributed by atoms with E-state index in [9.17, 15) is 4.39 Å². The molecule has 2 nitrogen and oxygen atoms in total. The fourth-order valence-corrected chi connectivity index (χ4v) is 2.77. The molecule has 0 aliphatic rings. The van der Waals surface area contributed by atoms with Gasteiger partial charge < -0.3 is 11.1 Å². The number of nitrogens with two attached hydrogens (primary N) is 1. The van der Waals surface area contributed by atoms with Gasteiger partial charge in [0.05, 0.1) is 15.8 Å². The Morgan fingerprint density at radius 3 is 2.28 bits per heavy atom. The molecule has 102 valence electrons. The predicted octanol–water partition coefficient (Wildman–Crippen LogP) is 4.80. The van der Waals surface area contributed by atoms with Crippen LogP contribution in [0.3, 0.4) is 0 Å². The van der Waals surface area contributed by atoms with Gasteiger partial charge in [-0.05, 0) is 47.7 Å². The van der Waals surface area contributed by atoms with Gasteiger partial charge in [-0.1, -0.05) is 20.8 Å². The van der Waals surface area contributed by atoms with Crippen LogP contribution in [0.1, 0.15) is 41.0 Å². The molecule has 0 aliphatic carbocycles. The first-order valence-electron chi connectivity index (χ1n) is 6.03. The Bertz CT molecular complexity index is 436. The molecule has 0 unspecified atom stereocenters. The molecule has 0 radical (unpaired) electrons. The average Bonchev–Trinajstić information content (AvgIpc) is 2.09. The van der Waals surface area contributed by atoms with Crippen LogP contribution in [0.4, 0.5) is 15.8 Å². The summed E-state index contributed by atoms with van der Waals surface area (Å²) in [7, 11) is 0. The topological polar surface area (TPSA) is 38.0 Å². The standard InChI is InChI=1S/C14H22BrFN2/c1-13(2,3)8-14(4,5)18-12-7-10(16)9(15)6-11(12)17/h6-7,18H,8,17H2,1-5H3. The lowest BCUT2D eigenvalue weighted by molar-refractivity contribution is 0.302. The fraction of sp³-hybridized carbons (Fsp3) is 0.571. The SMILES string of the molecule is CC(C)(C)CC(C)(C)Nc1cc(F)c(Br)cc1N. The van der Waals surface area contributed by atoms with E-state index in [1.807, 2.05) is 0 Å². The molecule has 0 amide bonds. The monoisotopic (exact) mass is 316 g/mol. The summed E-state index contributed by atoms with van der Waals surface area (Å²) in [6.07, 6.45) is 0.955. The van der Waals surface area contributed by atoms with E-state index >= 15 is 0 Å². The molecule has 0 heterocycles. The van der Waals surface area contributed by atoms with Crippen molar-refractivity contribution in [2.24, 2.45) is 5.41 Å². The second kappa shape index (κ2) is 5.08. The van der Waals surface area contributed by atoms with Crippen LogP contribution >= 0.6 is 15.9 Å². The molecule has 3 N–H and O–H groups in total. The molecule has 1 aromatic rings. The number of nitrogens with one attached hydrogen (secondary N) is 1. The highest BCUT2D eigenvalue weighted by Crippen LogP contribution is 2.33. The van der Waals surface area contributed by atoms with E-state index in [4.69, 9.17) is 5.73 Å². The maximum absolute atomic E-state index is 13.5. The van der Waals surface area contributed by atoms with Crippen LogP contribution in [0, 0.1) is 11.2 Å². The zero-order valence-corrected chi connectivity index (χ0v) is 13.3. The number of rotatable bonds is 3. The van der Waals surface area contributed by atoms with Crippen LogP contribution in [-0.4, -0.2) is 5.54 Å². The van der Waals surface area contributed by atoms with Crippen molar-refractivity contribution >= 4 is 27.3 Å². The number of hydrogen-bond donors (Lipinski definition) is 2. The van der Waals surface area contributed by atoms with Crippen molar-refractivity contribution in [3.8, 4) is 0 Å². The number of hydrogen-bond acceptors (Lipinski definition) is 2. The molecule has 0 bridgehead atoms. The van der Waals surface area contributed by atoms with Crippen LogP contribution in [0.2, 0.25) is 0 Å². The van der Waals surface area contributed by atoms with Crippen molar-refractivity contribution in [2.75, 3.05) is 11.1 Å². The van der Waals surface area contributed by atoms with Gasteiger partial charge in [0.1, 0.15) is 5.82 Å². The second-order valence-electron chi connectivity index (χ2n) is 6.60. The molecule has 0 saturated heterocycles. The molecule has 0 atom stereocenters. The van der Waals surface area contributed by atoms with E-state index in [-0.39, 0.29) is 16.8 Å². The van der Waals surface area contributed by atoms with Gasteiger partial charge in [-0.3, -0.25) is 0 Å². The van der Waals surface area contributed by atoms with Gasteiger partial charge in [0.15, 0.2) is 0 Å². The molecular formula is C14H22BrFN2. The first-order valence-corrected chi connectivity index (χ1v) is 6.82. The molecule has 0 aromatic heterocycles. The molecule has 0 saturated carbocycles. The normalized spacial score (nSPS) is 12.6. The average molecular weight is 317 g/mol. The Hall–Kier alpha value is -0.770. The summed E-state index contributed by atoms with van der Waals surface area (Å²) in [4.78, 5) is 0. The van der Waals surface area contributed by atoms with Gasteiger partial charge in [0, 0.05) is 11.6 Å². The number of anilines is 2. The first kappa shape index (κ1) is 15.3. The maximum Gasteiger partial charge on any atom is 0.139 e. The second-order valence-corrected chi connectivity index (χ2v) is 7.45. The zero-order valence-electron chi connectivity index (χ0n) is 11.7. The minimum atomic E-state index is -0.307. The molecule has 1 rings (SSSR count). The Balaban J connectivity index is 2.94. The third-order valence-electron chi connectivity index (χ3n) is 2.54. The Kier molecular flexibility index (Phi) is 4.31. The molecular weight excluding hydrogens is 295 g/mol. The minimum absolute atomic E-state index is 0.146. The summed E-state index contributed by atoms with van der Waals surface area (Å²) in [6, 6.07) is 3.02. The molecule has 18 heavy (non-hydrogen) atoms. The van der Waals surface area contributed by atoms with E-state index < -0.39 is 0 Å². The number of halogens is 2. The molecule has 1 aromatic carbocycles. The van der Waals surface area contributed by atoms with Crippen molar-refractivity contribution < 1.29 is 4.39 Å². The van der Waals surface area contributed by atoms with Crippen LogP contribution in [0.25, 0.3) is 0 Å². The summed E-state index contributed by atoms with van der Waals surface area (Å²) < 4.78 is 13.9. The van der Waals surface area contributed by atoms with Gasteiger partial charge in [0.2, 0.25) is 0 Å². The lowest BCUT2D eigenvalue weighted by Crippen LogP contribution is -2.35. The van der Waals surface area contributed by atoms with Crippen molar-refractivity contribution in [2.45, 2.75) is 46.6 Å². The van der Waals surface area contributed by atoms with E-state index in [2.05, 4.69) is 55.9 Å². The lowest BCUT2D eigenvalue weighted by atomic mass is 9.81. The van der Waals surface area contributed by atoms with Crippen LogP contribution in [0.5, 0.6) is 0 Å². The first-order chi connectivity index (χ1) is 8.00. The van der Waals surface area contributed by atoms with E-state index in [0.717, 1.165) is 6.42 Å². The lowest BCUT2D eigenvalue weighted by Gasteiger charge is -2.34. The minimum Gasteiger partial charge on any atom is -0.397 e. The van der Waals surface area contributed by atoms with Crippen LogP contribution < -0.4 is 11.1 Å². The fourth-order valence-electron chi connectivity index (χ4n) is 2.41. The number of nitrogen functional groups attached to an aromatic ring is 1. The smallest absolute Gasteiger partial charge is 0.139 e. The summed E-state index contributed by atoms with van der Waals surface area (Å²) in [6.45, 7) is 10.7. The van der Waals surface area contributed by atoms with Gasteiger partial charge >= 0.3 is 0 Å². The summed E-state index contributed by atoms with van der Waals surface area (Å²) >= 11 is 3.13. The van der Waals surface area contributed by atoms with Crippen molar-refractivity contribution in [3.63, 3.8) is 0 Å². The summed E-state index contributed by atoms with van der Waals surface area (Å²) in [5, 5.41) is 3.33. The van der Waals surface area contributed by atoms with Gasteiger partial charge in [0.25, 0.3) is 0 Å². The van der Waals surface area contributed by atoms with Gasteiger partial charge in [-0.25, -0.2) is 4.39 Å². The van der Waals surface area contributed by atoms with E-state index in [1.54, 1.807) is 6.07 Å². The number of benzene rings is 1. The van der Waals surface area contributed by atoms with Crippen molar-refractivity contribution in [3.05, 3.63) is 22.4 Å². The van der Waals surface area contributed by atoms with E-state index in [1.165, 1.54) is 6.07 Å². The highest BCUT2D eigenvalue weighted by atomic mass is 79.9. The molecule has 0 aliphatic heterocycles. The maximum atomic E-state index is 13.5. The van der Waals surface area contributed by atoms with Crippen LogP contribution in [0.15, 0.2) is 16.6 Å². The predicted molar refractivity (Wildman–Crippen MR) is 80.3 cm³/mol. The van der Waals surface area contributed by atoms with Gasteiger partial charge in [-0.15, -0.1) is 0 Å². The van der Waals surface area contributed by atoms with E-state index in [0.29, 0.717) is 15.8 Å². The zero-order chi connectivity index (χ0) is 14.1. The quantitative estimate of drug-likeness (QED) is 0.786. The highest BCUT2D eigenvalue weighted by molar-refractivity contribution is 9.10. The third-order valence-corrected chi connectivity index (χ3v) is 3.15. The summed E-state index contributed by atoms with van der Waals surface area (Å²) in [5.74, 6) is -0.307. The Labute approximate surface area is 117 Å². The Morgan fingerprint density at radius 1 is 1.22 bits per heavy atom. The Morgan fingerprint density at radius 2 is 1.78 bits per heavy atom. The van der Waals surface area contributed by atoms with Gasteiger partial charge in [-0.2, -0.15) is 0 Å². The molecule has 4 heteroatoms. The molecule has 0 spiro atoms. The summed E-state index contributed by atoms with van der Waals surface area (Å²) in [5.41, 5.74) is 7.14. The van der Waals surface area contributed by atoms with Crippen LogP contribution in [-0.2, 0) is 0 Å². The largest absolute Gasteiger partial charge is 0.397 e. The third kappa shape index (κ3) is 4.48. The van der Waals surface area contributed by atoms with Crippen molar-refractivity contribution in [1.29, 1.82) is 0 Å². The molecule has 0 fully saturated rings.